The van der Waals surface area contributed by atoms with Crippen LogP contribution in [0.25, 0.3) is 16.3 Å². The average molecular weight is 373 g/mol. The molecule has 6 N–H and O–H groups in total. The van der Waals surface area contributed by atoms with Crippen LogP contribution in [0, 0.1) is 0 Å². The number of aromatic nitrogens is 2. The number of nitrogens with one attached hydrogen (secondary N) is 4. The van der Waals surface area contributed by atoms with E-state index in [1.165, 1.54) is 4.88 Å². The number of H-pyrrole nitrogens is 1. The Hall–Kier alpha value is -2.55. The molecule has 6 nitrogen and oxygen atoms in total. The maximum atomic E-state index is 5.58. The standard InChI is InChI=1S/C17H20N6S2/c1-12(10-13(21-18)15-4-2-8-24-15)19-6-7-20-17-11-14(22-23-17)16-5-3-9-25-16/h2-5,8-11,19,21H,1,6-7,18H2,(H2,20,22,23)/b13-10-. The molecule has 130 valence electrons. The third-order valence-corrected chi connectivity index (χ3v) is 5.21. The zero-order valence-corrected chi connectivity index (χ0v) is 15.2. The number of allylic oxidation sites excluding steroid dienone is 1. The van der Waals surface area contributed by atoms with Crippen molar-refractivity contribution in [2.75, 3.05) is 18.4 Å². The Morgan fingerprint density at radius 3 is 2.80 bits per heavy atom. The van der Waals surface area contributed by atoms with Crippen LogP contribution < -0.4 is 21.9 Å². The van der Waals surface area contributed by atoms with Crippen LogP contribution >= 0.6 is 22.7 Å². The number of rotatable bonds is 9. The normalized spacial score (nSPS) is 11.3. The summed E-state index contributed by atoms with van der Waals surface area (Å²) in [6, 6.07) is 10.1. The molecule has 0 bridgehead atoms. The lowest BCUT2D eigenvalue weighted by atomic mass is 10.3. The molecule has 0 unspecified atom stereocenters. The number of aromatic amines is 1. The highest BCUT2D eigenvalue weighted by molar-refractivity contribution is 7.13. The van der Waals surface area contributed by atoms with Gasteiger partial charge in [0.25, 0.3) is 0 Å². The number of hydrazine groups is 1. The van der Waals surface area contributed by atoms with Crippen molar-refractivity contribution in [2.45, 2.75) is 0 Å². The molecule has 0 radical (unpaired) electrons. The van der Waals surface area contributed by atoms with E-state index in [9.17, 15) is 0 Å². The SMILES string of the molecule is C=C(/C=C(\NN)c1cccs1)NCCNc1cc(-c2cccs2)[nH]n1. The quantitative estimate of drug-likeness (QED) is 0.172. The van der Waals surface area contributed by atoms with Gasteiger partial charge in [0.05, 0.1) is 21.1 Å². The zero-order chi connectivity index (χ0) is 17.5. The number of hydrogen-bond acceptors (Lipinski definition) is 7. The predicted octanol–water partition coefficient (Wildman–Crippen LogP) is 3.22. The highest BCUT2D eigenvalue weighted by Gasteiger charge is 2.04. The molecule has 0 fully saturated rings. The Balaban J connectivity index is 1.44. The Morgan fingerprint density at radius 2 is 2.08 bits per heavy atom. The maximum absolute atomic E-state index is 5.58. The van der Waals surface area contributed by atoms with E-state index in [2.05, 4.69) is 38.9 Å². The van der Waals surface area contributed by atoms with E-state index in [1.807, 2.05) is 41.1 Å². The highest BCUT2D eigenvalue weighted by Crippen LogP contribution is 2.24. The fourth-order valence-electron chi connectivity index (χ4n) is 2.22. The second-order valence-corrected chi connectivity index (χ2v) is 7.10. The number of nitrogens with zero attached hydrogens (tertiary/aromatic N) is 1. The van der Waals surface area contributed by atoms with Gasteiger partial charge in [-0.2, -0.15) is 5.10 Å². The van der Waals surface area contributed by atoms with E-state index < -0.39 is 0 Å². The van der Waals surface area contributed by atoms with Gasteiger partial charge in [0.2, 0.25) is 0 Å². The van der Waals surface area contributed by atoms with Gasteiger partial charge in [-0.25, -0.2) is 0 Å². The van der Waals surface area contributed by atoms with Crippen LogP contribution in [0.1, 0.15) is 4.88 Å². The minimum atomic E-state index is 0.721. The third kappa shape index (κ3) is 4.72. The van der Waals surface area contributed by atoms with Gasteiger partial charge in [-0.3, -0.25) is 10.9 Å². The molecule has 0 saturated carbocycles. The molecule has 0 aromatic carbocycles. The number of thiophene rings is 2. The van der Waals surface area contributed by atoms with Crippen molar-refractivity contribution in [3.63, 3.8) is 0 Å². The van der Waals surface area contributed by atoms with E-state index in [4.69, 9.17) is 5.84 Å². The molecule has 0 aliphatic heterocycles. The first-order chi connectivity index (χ1) is 12.3. The summed E-state index contributed by atoms with van der Waals surface area (Å²) in [4.78, 5) is 2.24. The lowest BCUT2D eigenvalue weighted by molar-refractivity contribution is 0.835. The number of anilines is 1. The van der Waals surface area contributed by atoms with Crippen molar-refractivity contribution in [3.8, 4) is 10.6 Å². The Bertz CT molecular complexity index is 817. The smallest absolute Gasteiger partial charge is 0.148 e. The molecular formula is C17H20N6S2. The fraction of sp³-hybridized carbons (Fsp3) is 0.118. The zero-order valence-electron chi connectivity index (χ0n) is 13.6. The number of hydrogen-bond donors (Lipinski definition) is 5. The molecular weight excluding hydrogens is 352 g/mol. The molecule has 0 saturated heterocycles. The number of nitrogens with two attached hydrogens (primary N) is 1. The Kier molecular flexibility index (Phi) is 5.89. The Labute approximate surface area is 154 Å². The summed E-state index contributed by atoms with van der Waals surface area (Å²) in [5.41, 5.74) is 5.37. The molecule has 0 amide bonds. The molecule has 25 heavy (non-hydrogen) atoms. The van der Waals surface area contributed by atoms with E-state index in [0.29, 0.717) is 0 Å². The first-order valence-corrected chi connectivity index (χ1v) is 9.50. The van der Waals surface area contributed by atoms with Gasteiger partial charge in [0.1, 0.15) is 5.82 Å². The monoisotopic (exact) mass is 372 g/mol. The first-order valence-electron chi connectivity index (χ1n) is 7.74. The van der Waals surface area contributed by atoms with Crippen molar-refractivity contribution in [1.82, 2.24) is 20.9 Å². The van der Waals surface area contributed by atoms with Crippen LogP contribution in [0.4, 0.5) is 5.82 Å². The van der Waals surface area contributed by atoms with Gasteiger partial charge in [-0.05, 0) is 29.0 Å². The van der Waals surface area contributed by atoms with E-state index in [-0.39, 0.29) is 0 Å². The molecule has 3 heterocycles. The van der Waals surface area contributed by atoms with Crippen molar-refractivity contribution in [2.24, 2.45) is 5.84 Å². The molecule has 0 aliphatic carbocycles. The van der Waals surface area contributed by atoms with Gasteiger partial charge in [-0.1, -0.05) is 18.7 Å². The summed E-state index contributed by atoms with van der Waals surface area (Å²) in [5.74, 6) is 6.41. The lowest BCUT2D eigenvalue weighted by Crippen LogP contribution is -2.23. The van der Waals surface area contributed by atoms with Crippen molar-refractivity contribution < 1.29 is 0 Å². The van der Waals surface area contributed by atoms with Crippen molar-refractivity contribution in [1.29, 1.82) is 0 Å². The van der Waals surface area contributed by atoms with Gasteiger partial charge >= 0.3 is 0 Å². The summed E-state index contributed by atoms with van der Waals surface area (Å²) in [7, 11) is 0. The topological polar surface area (TPSA) is 90.8 Å². The van der Waals surface area contributed by atoms with Gasteiger partial charge in [0, 0.05) is 24.9 Å². The molecule has 0 atom stereocenters. The molecule has 3 rings (SSSR count). The van der Waals surface area contributed by atoms with Crippen LogP contribution in [0.15, 0.2) is 59.4 Å². The van der Waals surface area contributed by atoms with E-state index in [0.717, 1.165) is 40.9 Å². The summed E-state index contributed by atoms with van der Waals surface area (Å²) >= 11 is 3.30. The minimum absolute atomic E-state index is 0.721. The third-order valence-electron chi connectivity index (χ3n) is 3.41. The second-order valence-electron chi connectivity index (χ2n) is 5.20. The van der Waals surface area contributed by atoms with Crippen LogP contribution in [0.2, 0.25) is 0 Å². The largest absolute Gasteiger partial charge is 0.384 e. The molecule has 8 heteroatoms. The minimum Gasteiger partial charge on any atom is -0.384 e. The first kappa shape index (κ1) is 17.3. The van der Waals surface area contributed by atoms with Crippen molar-refractivity contribution >= 4 is 34.2 Å². The summed E-state index contributed by atoms with van der Waals surface area (Å²) < 4.78 is 0. The summed E-state index contributed by atoms with van der Waals surface area (Å²) in [5, 5.41) is 17.9. The Morgan fingerprint density at radius 1 is 1.24 bits per heavy atom. The summed E-state index contributed by atoms with van der Waals surface area (Å²) in [6.07, 6.45) is 1.90. The molecule has 3 aromatic rings. The lowest BCUT2D eigenvalue weighted by Gasteiger charge is -2.09. The van der Waals surface area contributed by atoms with Crippen molar-refractivity contribution in [3.05, 3.63) is 64.3 Å². The van der Waals surface area contributed by atoms with Gasteiger partial charge in [0.15, 0.2) is 0 Å². The molecule has 3 aromatic heterocycles. The highest BCUT2D eigenvalue weighted by atomic mass is 32.1. The van der Waals surface area contributed by atoms with E-state index in [1.54, 1.807) is 22.7 Å². The molecule has 0 aliphatic rings. The predicted molar refractivity (Wildman–Crippen MR) is 107 cm³/mol. The molecule has 0 spiro atoms. The second kappa shape index (κ2) is 8.52. The summed E-state index contributed by atoms with van der Waals surface area (Å²) in [6.45, 7) is 5.46. The average Bonchev–Trinajstić information content (AvgIpc) is 3.38. The van der Waals surface area contributed by atoms with E-state index >= 15 is 0 Å². The van der Waals surface area contributed by atoms with Gasteiger partial charge in [-0.15, -0.1) is 22.7 Å². The van der Waals surface area contributed by atoms with Crippen LogP contribution in [0.5, 0.6) is 0 Å². The van der Waals surface area contributed by atoms with Crippen LogP contribution in [-0.2, 0) is 0 Å². The van der Waals surface area contributed by atoms with Crippen LogP contribution in [0.3, 0.4) is 0 Å². The van der Waals surface area contributed by atoms with Crippen LogP contribution in [-0.4, -0.2) is 23.3 Å². The maximum Gasteiger partial charge on any atom is 0.148 e. The van der Waals surface area contributed by atoms with Gasteiger partial charge < -0.3 is 16.1 Å². The fourth-order valence-corrected chi connectivity index (χ4v) is 3.62.